The van der Waals surface area contributed by atoms with Gasteiger partial charge >= 0.3 is 5.97 Å². The van der Waals surface area contributed by atoms with Gasteiger partial charge in [-0.15, -0.1) is 0 Å². The van der Waals surface area contributed by atoms with Crippen molar-refractivity contribution in [3.63, 3.8) is 0 Å². The van der Waals surface area contributed by atoms with E-state index < -0.39 is 16.0 Å². The normalized spacial score (nSPS) is 19.4. The van der Waals surface area contributed by atoms with E-state index in [1.807, 2.05) is 0 Å². The van der Waals surface area contributed by atoms with E-state index in [-0.39, 0.29) is 35.5 Å². The van der Waals surface area contributed by atoms with Crippen molar-refractivity contribution in [1.82, 2.24) is 9.62 Å². The molecule has 7 nitrogen and oxygen atoms in total. The summed E-state index contributed by atoms with van der Waals surface area (Å²) in [5, 5.41) is 11.8. The van der Waals surface area contributed by atoms with Crippen LogP contribution >= 0.6 is 0 Å². The Morgan fingerprint density at radius 2 is 2.00 bits per heavy atom. The second-order valence-corrected chi connectivity index (χ2v) is 6.76. The van der Waals surface area contributed by atoms with Crippen molar-refractivity contribution in [1.29, 1.82) is 0 Å². The molecule has 1 aromatic carbocycles. The lowest BCUT2D eigenvalue weighted by Crippen LogP contribution is -2.37. The monoisotopic (exact) mass is 312 g/mol. The van der Waals surface area contributed by atoms with E-state index in [2.05, 4.69) is 5.32 Å². The fraction of sp³-hybridized carbons (Fsp3) is 0.385. The third-order valence-electron chi connectivity index (χ3n) is 3.29. The van der Waals surface area contributed by atoms with E-state index in [1.54, 1.807) is 0 Å². The molecule has 21 heavy (non-hydrogen) atoms. The lowest BCUT2D eigenvalue weighted by Gasteiger charge is -2.18. The van der Waals surface area contributed by atoms with Gasteiger partial charge in [0, 0.05) is 26.1 Å². The molecule has 1 saturated heterocycles. The molecule has 1 aliphatic rings. The number of hydrogen-bond donors (Lipinski definition) is 2. The van der Waals surface area contributed by atoms with Gasteiger partial charge in [0.1, 0.15) is 0 Å². The summed E-state index contributed by atoms with van der Waals surface area (Å²) in [7, 11) is -3.88. The molecule has 0 bridgehead atoms. The first-order chi connectivity index (χ1) is 9.82. The minimum absolute atomic E-state index is 0.149. The highest BCUT2D eigenvalue weighted by Gasteiger charge is 2.34. The maximum absolute atomic E-state index is 12.5. The number of hydrogen-bond acceptors (Lipinski definition) is 4. The summed E-state index contributed by atoms with van der Waals surface area (Å²) < 4.78 is 26.3. The number of nitrogens with zero attached hydrogens (tertiary/aromatic N) is 1. The Labute approximate surface area is 122 Å². The summed E-state index contributed by atoms with van der Waals surface area (Å²) in [6.07, 6.45) is 0.508. The molecule has 1 unspecified atom stereocenters. The number of carboxylic acid groups (broad SMARTS) is 1. The van der Waals surface area contributed by atoms with Crippen LogP contribution in [-0.2, 0) is 14.8 Å². The largest absolute Gasteiger partial charge is 0.478 e. The molecule has 0 radical (unpaired) electrons. The molecule has 1 aromatic rings. The molecule has 8 heteroatoms. The Balaban J connectivity index is 2.28. The number of amides is 1. The highest BCUT2D eigenvalue weighted by Crippen LogP contribution is 2.24. The number of carbonyl (C=O) groups is 2. The van der Waals surface area contributed by atoms with Crippen LogP contribution in [0.3, 0.4) is 0 Å². The molecule has 1 heterocycles. The lowest BCUT2D eigenvalue weighted by atomic mass is 10.2. The molecule has 0 spiro atoms. The zero-order valence-corrected chi connectivity index (χ0v) is 12.3. The van der Waals surface area contributed by atoms with E-state index in [0.29, 0.717) is 6.42 Å². The molecule has 2 N–H and O–H groups in total. The SMILES string of the molecule is CC(=O)NC1CCN(S(=O)(=O)c2ccccc2C(=O)O)C1. The second-order valence-electron chi connectivity index (χ2n) is 4.85. The van der Waals surface area contributed by atoms with Crippen LogP contribution in [-0.4, -0.2) is 48.8 Å². The van der Waals surface area contributed by atoms with Crippen LogP contribution in [0.2, 0.25) is 0 Å². The Bertz CT molecular complexity index is 671. The van der Waals surface area contributed by atoms with Crippen LogP contribution in [0.4, 0.5) is 0 Å². The van der Waals surface area contributed by atoms with Crippen molar-refractivity contribution < 1.29 is 23.1 Å². The average Bonchev–Trinajstić information content (AvgIpc) is 2.87. The van der Waals surface area contributed by atoms with Gasteiger partial charge < -0.3 is 10.4 Å². The minimum Gasteiger partial charge on any atom is -0.478 e. The van der Waals surface area contributed by atoms with E-state index in [1.165, 1.54) is 35.5 Å². The predicted molar refractivity (Wildman–Crippen MR) is 74.4 cm³/mol. The number of benzene rings is 1. The first-order valence-electron chi connectivity index (χ1n) is 6.42. The molecule has 2 rings (SSSR count). The number of aromatic carboxylic acids is 1. The van der Waals surface area contributed by atoms with Crippen molar-refractivity contribution >= 4 is 21.9 Å². The minimum atomic E-state index is -3.88. The summed E-state index contributed by atoms with van der Waals surface area (Å²) in [6.45, 7) is 1.77. The topological polar surface area (TPSA) is 104 Å². The second kappa shape index (κ2) is 5.82. The van der Waals surface area contributed by atoms with E-state index >= 15 is 0 Å². The van der Waals surface area contributed by atoms with Crippen LogP contribution in [0.1, 0.15) is 23.7 Å². The number of carboxylic acids is 1. The molecule has 1 fully saturated rings. The number of rotatable bonds is 4. The van der Waals surface area contributed by atoms with Crippen LogP contribution in [0, 0.1) is 0 Å². The summed E-state index contributed by atoms with van der Waals surface area (Å²) in [6, 6.07) is 5.27. The standard InChI is InChI=1S/C13H16N2O5S/c1-9(16)14-10-6-7-15(8-10)21(19,20)12-5-3-2-4-11(12)13(17)18/h2-5,10H,6-8H2,1H3,(H,14,16)(H,17,18). The Morgan fingerprint density at radius 3 is 2.62 bits per heavy atom. The molecule has 114 valence electrons. The van der Waals surface area contributed by atoms with Crippen molar-refractivity contribution in [3.8, 4) is 0 Å². The summed E-state index contributed by atoms with van der Waals surface area (Å²) in [4.78, 5) is 21.9. The fourth-order valence-corrected chi connectivity index (χ4v) is 4.04. The summed E-state index contributed by atoms with van der Waals surface area (Å²) in [5.41, 5.74) is -0.250. The number of nitrogens with one attached hydrogen (secondary N) is 1. The highest BCUT2D eigenvalue weighted by molar-refractivity contribution is 7.89. The highest BCUT2D eigenvalue weighted by atomic mass is 32.2. The van der Waals surface area contributed by atoms with E-state index in [4.69, 9.17) is 5.11 Å². The third kappa shape index (κ3) is 3.22. The summed E-state index contributed by atoms with van der Waals surface area (Å²) in [5.74, 6) is -1.50. The number of carbonyl (C=O) groups excluding carboxylic acids is 1. The zero-order valence-electron chi connectivity index (χ0n) is 11.4. The maximum atomic E-state index is 12.5. The first-order valence-corrected chi connectivity index (χ1v) is 7.86. The van der Waals surface area contributed by atoms with Crippen molar-refractivity contribution in [2.75, 3.05) is 13.1 Å². The lowest BCUT2D eigenvalue weighted by molar-refractivity contribution is -0.119. The van der Waals surface area contributed by atoms with Crippen molar-refractivity contribution in [2.45, 2.75) is 24.3 Å². The molecule has 1 aliphatic heterocycles. The van der Waals surface area contributed by atoms with Gasteiger partial charge in [-0.2, -0.15) is 4.31 Å². The maximum Gasteiger partial charge on any atom is 0.337 e. The van der Waals surface area contributed by atoms with Crippen molar-refractivity contribution in [2.24, 2.45) is 0 Å². The zero-order chi connectivity index (χ0) is 15.6. The van der Waals surface area contributed by atoms with Gasteiger partial charge in [0.25, 0.3) is 0 Å². The first kappa shape index (κ1) is 15.5. The smallest absolute Gasteiger partial charge is 0.337 e. The van der Waals surface area contributed by atoms with Crippen molar-refractivity contribution in [3.05, 3.63) is 29.8 Å². The molecular formula is C13H16N2O5S. The molecule has 0 saturated carbocycles. The third-order valence-corrected chi connectivity index (χ3v) is 5.22. The quantitative estimate of drug-likeness (QED) is 0.831. The van der Waals surface area contributed by atoms with E-state index in [0.717, 1.165) is 0 Å². The van der Waals surface area contributed by atoms with Gasteiger partial charge in [0.05, 0.1) is 10.5 Å². The van der Waals surface area contributed by atoms with Gasteiger partial charge in [-0.1, -0.05) is 12.1 Å². The van der Waals surface area contributed by atoms with Gasteiger partial charge in [-0.05, 0) is 18.6 Å². The number of sulfonamides is 1. The fourth-order valence-electron chi connectivity index (χ4n) is 2.36. The molecule has 0 aromatic heterocycles. The van der Waals surface area contributed by atoms with E-state index in [9.17, 15) is 18.0 Å². The molecule has 0 aliphatic carbocycles. The molecular weight excluding hydrogens is 296 g/mol. The molecule has 1 atom stereocenters. The Kier molecular flexibility index (Phi) is 4.29. The molecule has 1 amide bonds. The van der Waals surface area contributed by atoms with Gasteiger partial charge in [0.15, 0.2) is 0 Å². The van der Waals surface area contributed by atoms with Crippen LogP contribution in [0.15, 0.2) is 29.2 Å². The average molecular weight is 312 g/mol. The Morgan fingerprint density at radius 1 is 1.33 bits per heavy atom. The van der Waals surface area contributed by atoms with Crippen LogP contribution in [0.5, 0.6) is 0 Å². The Hall–Kier alpha value is -1.93. The van der Waals surface area contributed by atoms with Gasteiger partial charge in [-0.3, -0.25) is 4.79 Å². The van der Waals surface area contributed by atoms with Gasteiger partial charge in [-0.25, -0.2) is 13.2 Å². The van der Waals surface area contributed by atoms with Crippen LogP contribution in [0.25, 0.3) is 0 Å². The summed E-state index contributed by atoms with van der Waals surface area (Å²) >= 11 is 0. The predicted octanol–water partition coefficient (Wildman–Crippen LogP) is 0.284. The van der Waals surface area contributed by atoms with Crippen LogP contribution < -0.4 is 5.32 Å². The van der Waals surface area contributed by atoms with Gasteiger partial charge in [0.2, 0.25) is 15.9 Å².